The summed E-state index contributed by atoms with van der Waals surface area (Å²) >= 11 is 6.22. The summed E-state index contributed by atoms with van der Waals surface area (Å²) in [7, 11) is 0. The van der Waals surface area contributed by atoms with Crippen LogP contribution in [0.1, 0.15) is 5.56 Å². The van der Waals surface area contributed by atoms with Crippen molar-refractivity contribution in [1.29, 1.82) is 0 Å². The van der Waals surface area contributed by atoms with Crippen LogP contribution < -0.4 is 11.2 Å². The van der Waals surface area contributed by atoms with Crippen LogP contribution in [0.4, 0.5) is 0 Å². The molecule has 0 radical (unpaired) electrons. The molecule has 0 amide bonds. The third kappa shape index (κ3) is 2.72. The molecule has 0 atom stereocenters. The van der Waals surface area contributed by atoms with E-state index in [0.717, 1.165) is 0 Å². The van der Waals surface area contributed by atoms with E-state index in [1.807, 2.05) is 24.3 Å². The van der Waals surface area contributed by atoms with Gasteiger partial charge in [-0.1, -0.05) is 48.0 Å². The van der Waals surface area contributed by atoms with Crippen molar-refractivity contribution >= 4 is 22.6 Å². The third-order valence-corrected chi connectivity index (χ3v) is 4.57. The highest BCUT2D eigenvalue weighted by molar-refractivity contribution is 6.31. The molecule has 0 bridgehead atoms. The van der Waals surface area contributed by atoms with Gasteiger partial charge in [0.2, 0.25) is 0 Å². The van der Waals surface area contributed by atoms with E-state index < -0.39 is 5.69 Å². The van der Waals surface area contributed by atoms with Crippen molar-refractivity contribution in [3.05, 3.63) is 104 Å². The first kappa shape index (κ1) is 16.3. The van der Waals surface area contributed by atoms with Crippen molar-refractivity contribution in [1.82, 2.24) is 14.1 Å². The van der Waals surface area contributed by atoms with Crippen LogP contribution in [0, 0.1) is 0 Å². The number of aromatic nitrogens is 3. The van der Waals surface area contributed by atoms with Gasteiger partial charge in [-0.05, 0) is 35.9 Å². The molecule has 0 aliphatic carbocycles. The number of hydrogen-bond acceptors (Lipinski definition) is 3. The molecule has 0 aliphatic heterocycles. The molecule has 128 valence electrons. The monoisotopic (exact) mass is 363 g/mol. The molecule has 2 heterocycles. The zero-order valence-electron chi connectivity index (χ0n) is 13.7. The minimum Gasteiger partial charge on any atom is -0.268 e. The molecule has 0 spiro atoms. The molecule has 0 fully saturated rings. The molecule has 4 rings (SSSR count). The molecule has 0 saturated heterocycles. The largest absolute Gasteiger partial charge is 0.337 e. The summed E-state index contributed by atoms with van der Waals surface area (Å²) in [6.45, 7) is 0.0923. The predicted molar refractivity (Wildman–Crippen MR) is 102 cm³/mol. The molecule has 4 aromatic rings. The van der Waals surface area contributed by atoms with Crippen LogP contribution in [0.5, 0.6) is 0 Å². The number of halogens is 1. The molecular weight excluding hydrogens is 350 g/mol. The zero-order chi connectivity index (χ0) is 18.1. The number of nitrogens with zero attached hydrogens (tertiary/aromatic N) is 3. The van der Waals surface area contributed by atoms with E-state index in [1.165, 1.54) is 9.13 Å². The standard InChI is InChI=1S/C20H14ClN3O2/c21-17-11-5-4-7-14(17)13-23-19(25)16-10-6-12-22-18(16)24(20(23)26)15-8-2-1-3-9-15/h1-12H,13H2. The Morgan fingerprint density at radius 1 is 0.885 bits per heavy atom. The third-order valence-electron chi connectivity index (χ3n) is 4.20. The zero-order valence-corrected chi connectivity index (χ0v) is 14.4. The van der Waals surface area contributed by atoms with E-state index in [0.29, 0.717) is 27.3 Å². The van der Waals surface area contributed by atoms with E-state index in [1.54, 1.807) is 48.7 Å². The van der Waals surface area contributed by atoms with Gasteiger partial charge in [0.1, 0.15) is 0 Å². The molecule has 0 aliphatic rings. The number of rotatable bonds is 3. The number of pyridine rings is 1. The molecular formula is C20H14ClN3O2. The highest BCUT2D eigenvalue weighted by Gasteiger charge is 2.16. The SMILES string of the molecule is O=c1c2cccnc2n(-c2ccccc2)c(=O)n1Cc1ccccc1Cl. The van der Waals surface area contributed by atoms with Crippen LogP contribution in [0.15, 0.2) is 82.5 Å². The average molecular weight is 364 g/mol. The van der Waals surface area contributed by atoms with Crippen LogP contribution in [0.3, 0.4) is 0 Å². The van der Waals surface area contributed by atoms with Gasteiger partial charge in [-0.25, -0.2) is 14.3 Å². The Morgan fingerprint density at radius 2 is 1.62 bits per heavy atom. The second-order valence-electron chi connectivity index (χ2n) is 5.81. The van der Waals surface area contributed by atoms with Gasteiger partial charge in [0.05, 0.1) is 17.6 Å². The Balaban J connectivity index is 2.05. The molecule has 6 heteroatoms. The lowest BCUT2D eigenvalue weighted by Gasteiger charge is -2.14. The number of benzene rings is 2. The van der Waals surface area contributed by atoms with E-state index in [9.17, 15) is 9.59 Å². The first-order chi connectivity index (χ1) is 12.7. The number of fused-ring (bicyclic) bond motifs is 1. The van der Waals surface area contributed by atoms with E-state index in [-0.39, 0.29) is 12.1 Å². The predicted octanol–water partition coefficient (Wildman–Crippen LogP) is 3.25. The van der Waals surface area contributed by atoms with Gasteiger partial charge in [0.25, 0.3) is 5.56 Å². The normalized spacial score (nSPS) is 11.0. The summed E-state index contributed by atoms with van der Waals surface area (Å²) in [5.41, 5.74) is 0.854. The molecule has 0 N–H and O–H groups in total. The number of hydrogen-bond donors (Lipinski definition) is 0. The average Bonchev–Trinajstić information content (AvgIpc) is 2.67. The maximum Gasteiger partial charge on any atom is 0.337 e. The fraction of sp³-hybridized carbons (Fsp3) is 0.0500. The Morgan fingerprint density at radius 3 is 2.38 bits per heavy atom. The second-order valence-corrected chi connectivity index (χ2v) is 6.22. The first-order valence-corrected chi connectivity index (χ1v) is 8.44. The lowest BCUT2D eigenvalue weighted by atomic mass is 10.2. The summed E-state index contributed by atoms with van der Waals surface area (Å²) in [6, 6.07) is 19.7. The summed E-state index contributed by atoms with van der Waals surface area (Å²) in [5.74, 6) is 0. The van der Waals surface area contributed by atoms with E-state index >= 15 is 0 Å². The van der Waals surface area contributed by atoms with Gasteiger partial charge in [0, 0.05) is 11.2 Å². The summed E-state index contributed by atoms with van der Waals surface area (Å²) in [4.78, 5) is 30.3. The van der Waals surface area contributed by atoms with E-state index in [4.69, 9.17) is 11.6 Å². The Kier molecular flexibility index (Phi) is 4.14. The summed E-state index contributed by atoms with van der Waals surface area (Å²) < 4.78 is 2.64. The van der Waals surface area contributed by atoms with Crippen molar-refractivity contribution in [3.8, 4) is 5.69 Å². The fourth-order valence-corrected chi connectivity index (χ4v) is 3.13. The van der Waals surface area contributed by atoms with Crippen molar-refractivity contribution in [2.75, 3.05) is 0 Å². The quantitative estimate of drug-likeness (QED) is 0.561. The summed E-state index contributed by atoms with van der Waals surface area (Å²) in [5, 5.41) is 0.888. The van der Waals surface area contributed by atoms with Gasteiger partial charge in [-0.2, -0.15) is 0 Å². The summed E-state index contributed by atoms with van der Waals surface area (Å²) in [6.07, 6.45) is 1.57. The lowest BCUT2D eigenvalue weighted by Crippen LogP contribution is -2.40. The molecule has 0 saturated carbocycles. The maximum absolute atomic E-state index is 13.2. The highest BCUT2D eigenvalue weighted by atomic mass is 35.5. The highest BCUT2D eigenvalue weighted by Crippen LogP contribution is 2.16. The molecule has 2 aromatic heterocycles. The van der Waals surface area contributed by atoms with Crippen LogP contribution in [-0.4, -0.2) is 14.1 Å². The lowest BCUT2D eigenvalue weighted by molar-refractivity contribution is 0.683. The fourth-order valence-electron chi connectivity index (χ4n) is 2.93. The van der Waals surface area contributed by atoms with E-state index in [2.05, 4.69) is 4.98 Å². The molecule has 26 heavy (non-hydrogen) atoms. The van der Waals surface area contributed by atoms with Crippen molar-refractivity contribution in [2.45, 2.75) is 6.54 Å². The smallest absolute Gasteiger partial charge is 0.268 e. The van der Waals surface area contributed by atoms with Crippen LogP contribution in [0.25, 0.3) is 16.7 Å². The number of para-hydroxylation sites is 1. The Bertz CT molecular complexity index is 1210. The maximum atomic E-state index is 13.2. The van der Waals surface area contributed by atoms with Crippen molar-refractivity contribution in [3.63, 3.8) is 0 Å². The molecule has 5 nitrogen and oxygen atoms in total. The van der Waals surface area contributed by atoms with Crippen LogP contribution in [-0.2, 0) is 6.54 Å². The van der Waals surface area contributed by atoms with Gasteiger partial charge in [-0.3, -0.25) is 9.36 Å². The van der Waals surface area contributed by atoms with Crippen LogP contribution in [0.2, 0.25) is 5.02 Å². The minimum atomic E-state index is -0.452. The topological polar surface area (TPSA) is 56.9 Å². The Hall–Kier alpha value is -3.18. The van der Waals surface area contributed by atoms with Gasteiger partial charge in [-0.15, -0.1) is 0 Å². The van der Waals surface area contributed by atoms with Crippen molar-refractivity contribution < 1.29 is 0 Å². The second kappa shape index (κ2) is 6.61. The molecule has 0 unspecified atom stereocenters. The van der Waals surface area contributed by atoms with Crippen molar-refractivity contribution in [2.24, 2.45) is 0 Å². The van der Waals surface area contributed by atoms with Gasteiger partial charge >= 0.3 is 5.69 Å². The van der Waals surface area contributed by atoms with Gasteiger partial charge in [0.15, 0.2) is 5.65 Å². The van der Waals surface area contributed by atoms with Gasteiger partial charge < -0.3 is 0 Å². The minimum absolute atomic E-state index is 0.0923. The first-order valence-electron chi connectivity index (χ1n) is 8.06. The van der Waals surface area contributed by atoms with Crippen LogP contribution >= 0.6 is 11.6 Å². The Labute approximate surface area is 153 Å². The molecule has 2 aromatic carbocycles.